The normalized spacial score (nSPS) is 10.4. The SMILES string of the molecule is O=C(O)c1noc(-c2cc(Br)ccc2Br)n1. The Morgan fingerprint density at radius 2 is 2.12 bits per heavy atom. The Morgan fingerprint density at radius 1 is 1.38 bits per heavy atom. The molecule has 0 aliphatic rings. The summed E-state index contributed by atoms with van der Waals surface area (Å²) in [6, 6.07) is 5.38. The molecule has 0 atom stereocenters. The average Bonchev–Trinajstić information content (AvgIpc) is 2.70. The Hall–Kier alpha value is -1.21. The number of carboxylic acids is 1. The molecule has 0 aliphatic carbocycles. The Kier molecular flexibility index (Phi) is 3.06. The van der Waals surface area contributed by atoms with E-state index in [1.54, 1.807) is 12.1 Å². The zero-order chi connectivity index (χ0) is 11.7. The Bertz CT molecular complexity index is 553. The Labute approximate surface area is 107 Å². The van der Waals surface area contributed by atoms with E-state index in [1.807, 2.05) is 6.07 Å². The molecular weight excluding hydrogens is 344 g/mol. The summed E-state index contributed by atoms with van der Waals surface area (Å²) in [6.45, 7) is 0. The van der Waals surface area contributed by atoms with Crippen molar-refractivity contribution in [3.05, 3.63) is 33.0 Å². The van der Waals surface area contributed by atoms with Crippen molar-refractivity contribution in [2.45, 2.75) is 0 Å². The molecule has 0 unspecified atom stereocenters. The van der Waals surface area contributed by atoms with E-state index in [0.29, 0.717) is 5.56 Å². The van der Waals surface area contributed by atoms with Gasteiger partial charge < -0.3 is 9.63 Å². The van der Waals surface area contributed by atoms with E-state index in [1.165, 1.54) is 0 Å². The maximum absolute atomic E-state index is 10.6. The van der Waals surface area contributed by atoms with Gasteiger partial charge in [-0.3, -0.25) is 0 Å². The molecule has 0 spiro atoms. The first-order chi connectivity index (χ1) is 7.58. The summed E-state index contributed by atoms with van der Waals surface area (Å²) >= 11 is 6.62. The maximum atomic E-state index is 10.6. The predicted octanol–water partition coefficient (Wildman–Crippen LogP) is 2.96. The molecule has 2 aromatic rings. The highest BCUT2D eigenvalue weighted by molar-refractivity contribution is 9.11. The number of halogens is 2. The van der Waals surface area contributed by atoms with Gasteiger partial charge in [-0.2, -0.15) is 4.98 Å². The lowest BCUT2D eigenvalue weighted by Gasteiger charge is -1.98. The number of hydrogen-bond acceptors (Lipinski definition) is 4. The second-order valence-corrected chi connectivity index (χ2v) is 4.62. The number of nitrogens with zero attached hydrogens (tertiary/aromatic N) is 2. The molecule has 0 fully saturated rings. The number of hydrogen-bond donors (Lipinski definition) is 1. The molecule has 16 heavy (non-hydrogen) atoms. The van der Waals surface area contributed by atoms with Crippen molar-refractivity contribution in [2.75, 3.05) is 0 Å². The average molecular weight is 348 g/mol. The summed E-state index contributed by atoms with van der Waals surface area (Å²) < 4.78 is 6.44. The van der Waals surface area contributed by atoms with Gasteiger partial charge in [0.1, 0.15) is 0 Å². The molecule has 5 nitrogen and oxygen atoms in total. The maximum Gasteiger partial charge on any atom is 0.377 e. The van der Waals surface area contributed by atoms with Crippen molar-refractivity contribution in [1.82, 2.24) is 10.1 Å². The number of aromatic nitrogens is 2. The number of aromatic carboxylic acids is 1. The molecule has 0 aliphatic heterocycles. The molecular formula is C9H4Br2N2O3. The highest BCUT2D eigenvalue weighted by atomic mass is 79.9. The summed E-state index contributed by atoms with van der Waals surface area (Å²) in [6.07, 6.45) is 0. The largest absolute Gasteiger partial charge is 0.475 e. The minimum atomic E-state index is -1.22. The first-order valence-corrected chi connectivity index (χ1v) is 5.69. The molecule has 0 saturated heterocycles. The summed E-state index contributed by atoms with van der Waals surface area (Å²) in [4.78, 5) is 14.3. The summed E-state index contributed by atoms with van der Waals surface area (Å²) in [5, 5.41) is 12.0. The minimum Gasteiger partial charge on any atom is -0.475 e. The minimum absolute atomic E-state index is 0.158. The molecule has 1 aromatic carbocycles. The second kappa shape index (κ2) is 4.34. The van der Waals surface area contributed by atoms with E-state index in [4.69, 9.17) is 9.63 Å². The first-order valence-electron chi connectivity index (χ1n) is 4.10. The Morgan fingerprint density at radius 3 is 2.75 bits per heavy atom. The molecule has 0 radical (unpaired) electrons. The van der Waals surface area contributed by atoms with Gasteiger partial charge in [0.2, 0.25) is 0 Å². The van der Waals surface area contributed by atoms with Crippen LogP contribution in [0.1, 0.15) is 10.6 Å². The van der Waals surface area contributed by atoms with E-state index in [9.17, 15) is 4.79 Å². The topological polar surface area (TPSA) is 76.2 Å². The number of benzene rings is 1. The third-order valence-corrected chi connectivity index (χ3v) is 2.96. The molecule has 1 N–H and O–H groups in total. The van der Waals surface area contributed by atoms with Gasteiger partial charge >= 0.3 is 5.97 Å². The van der Waals surface area contributed by atoms with E-state index in [0.717, 1.165) is 8.95 Å². The van der Waals surface area contributed by atoms with Crippen LogP contribution in [0.2, 0.25) is 0 Å². The lowest BCUT2D eigenvalue weighted by atomic mass is 10.2. The van der Waals surface area contributed by atoms with Crippen LogP contribution in [-0.2, 0) is 0 Å². The third kappa shape index (κ3) is 2.14. The fraction of sp³-hybridized carbons (Fsp3) is 0. The van der Waals surface area contributed by atoms with Crippen molar-refractivity contribution >= 4 is 37.8 Å². The quantitative estimate of drug-likeness (QED) is 0.903. The van der Waals surface area contributed by atoms with Crippen LogP contribution in [0.5, 0.6) is 0 Å². The van der Waals surface area contributed by atoms with Crippen LogP contribution in [0.3, 0.4) is 0 Å². The number of rotatable bonds is 2. The summed E-state index contributed by atoms with van der Waals surface area (Å²) in [5.74, 6) is -1.42. The molecule has 0 bridgehead atoms. The van der Waals surface area contributed by atoms with Crippen molar-refractivity contribution < 1.29 is 14.4 Å². The molecule has 0 saturated carbocycles. The van der Waals surface area contributed by atoms with E-state index >= 15 is 0 Å². The van der Waals surface area contributed by atoms with Crippen LogP contribution in [-0.4, -0.2) is 21.2 Å². The van der Waals surface area contributed by atoms with Crippen molar-refractivity contribution in [2.24, 2.45) is 0 Å². The predicted molar refractivity (Wildman–Crippen MR) is 62.1 cm³/mol. The van der Waals surface area contributed by atoms with E-state index in [-0.39, 0.29) is 11.7 Å². The fourth-order valence-corrected chi connectivity index (χ4v) is 1.86. The van der Waals surface area contributed by atoms with Crippen molar-refractivity contribution in [3.8, 4) is 11.5 Å². The molecule has 1 aromatic heterocycles. The van der Waals surface area contributed by atoms with Gasteiger partial charge in [-0.15, -0.1) is 0 Å². The van der Waals surface area contributed by atoms with Crippen LogP contribution in [0, 0.1) is 0 Å². The van der Waals surface area contributed by atoms with Crippen molar-refractivity contribution in [3.63, 3.8) is 0 Å². The smallest absolute Gasteiger partial charge is 0.377 e. The number of carboxylic acid groups (broad SMARTS) is 1. The zero-order valence-electron chi connectivity index (χ0n) is 7.65. The zero-order valence-corrected chi connectivity index (χ0v) is 10.8. The van der Waals surface area contributed by atoms with Crippen LogP contribution >= 0.6 is 31.9 Å². The molecule has 1 heterocycles. The van der Waals surface area contributed by atoms with Gasteiger partial charge in [-0.05, 0) is 39.3 Å². The van der Waals surface area contributed by atoms with Gasteiger partial charge in [-0.25, -0.2) is 4.79 Å². The molecule has 0 amide bonds. The molecule has 82 valence electrons. The first kappa shape index (κ1) is 11.3. The fourth-order valence-electron chi connectivity index (χ4n) is 1.08. The van der Waals surface area contributed by atoms with Gasteiger partial charge in [-0.1, -0.05) is 15.9 Å². The highest BCUT2D eigenvalue weighted by Gasteiger charge is 2.16. The lowest BCUT2D eigenvalue weighted by molar-refractivity contribution is 0.0680. The van der Waals surface area contributed by atoms with Crippen LogP contribution in [0.25, 0.3) is 11.5 Å². The van der Waals surface area contributed by atoms with Gasteiger partial charge in [0, 0.05) is 8.95 Å². The highest BCUT2D eigenvalue weighted by Crippen LogP contribution is 2.29. The third-order valence-electron chi connectivity index (χ3n) is 1.78. The summed E-state index contributed by atoms with van der Waals surface area (Å²) in [7, 11) is 0. The molecule has 2 rings (SSSR count). The van der Waals surface area contributed by atoms with E-state index in [2.05, 4.69) is 42.0 Å². The lowest BCUT2D eigenvalue weighted by Crippen LogP contribution is -1.98. The van der Waals surface area contributed by atoms with Gasteiger partial charge in [0.25, 0.3) is 11.7 Å². The Balaban J connectivity index is 2.50. The van der Waals surface area contributed by atoms with Crippen LogP contribution in [0.15, 0.2) is 31.7 Å². The van der Waals surface area contributed by atoms with E-state index < -0.39 is 5.97 Å². The van der Waals surface area contributed by atoms with Crippen LogP contribution in [0.4, 0.5) is 0 Å². The van der Waals surface area contributed by atoms with Crippen LogP contribution < -0.4 is 0 Å². The second-order valence-electron chi connectivity index (χ2n) is 2.85. The monoisotopic (exact) mass is 346 g/mol. The van der Waals surface area contributed by atoms with Gasteiger partial charge in [0.15, 0.2) is 0 Å². The standard InChI is InChI=1S/C9H4Br2N2O3/c10-4-1-2-6(11)5(3-4)8-12-7(9(14)15)13-16-8/h1-3H,(H,14,15). The van der Waals surface area contributed by atoms with Crippen molar-refractivity contribution in [1.29, 1.82) is 0 Å². The summed E-state index contributed by atoms with van der Waals surface area (Å²) in [5.41, 5.74) is 0.634. The van der Waals surface area contributed by atoms with Gasteiger partial charge in [0.05, 0.1) is 5.56 Å². The molecule has 7 heteroatoms. The number of carbonyl (C=O) groups is 1.